The number of imidazole rings is 1. The van der Waals surface area contributed by atoms with Gasteiger partial charge in [-0.1, -0.05) is 6.92 Å². The molecule has 1 heterocycles. The van der Waals surface area contributed by atoms with Crippen molar-refractivity contribution in [2.75, 3.05) is 5.32 Å². The Balaban J connectivity index is 2.24. The molecular formula is C13H15F2N3. The summed E-state index contributed by atoms with van der Waals surface area (Å²) in [6, 6.07) is 3.70. The first-order chi connectivity index (χ1) is 8.60. The van der Waals surface area contributed by atoms with E-state index in [0.717, 1.165) is 30.8 Å². The lowest BCUT2D eigenvalue weighted by Gasteiger charge is -2.08. The van der Waals surface area contributed by atoms with Crippen molar-refractivity contribution in [2.24, 2.45) is 0 Å². The van der Waals surface area contributed by atoms with Gasteiger partial charge in [0.1, 0.15) is 0 Å². The number of hydrogen-bond donors (Lipinski definition) is 1. The molecule has 2 rings (SSSR count). The standard InChI is InChI=1S/C13H15F2N3/c1-3-6-18-8-9(2)16-13(18)17-10-4-5-11(14)12(15)7-10/h4-5,7-8H,3,6H2,1-2H3,(H,16,17). The highest BCUT2D eigenvalue weighted by Gasteiger charge is 2.07. The average Bonchev–Trinajstić information content (AvgIpc) is 2.65. The van der Waals surface area contributed by atoms with Crippen molar-refractivity contribution in [3.63, 3.8) is 0 Å². The summed E-state index contributed by atoms with van der Waals surface area (Å²) in [5.41, 5.74) is 1.37. The molecule has 1 aromatic heterocycles. The zero-order valence-electron chi connectivity index (χ0n) is 10.4. The van der Waals surface area contributed by atoms with Crippen LogP contribution >= 0.6 is 0 Å². The largest absolute Gasteiger partial charge is 0.326 e. The molecule has 0 spiro atoms. The van der Waals surface area contributed by atoms with E-state index in [1.807, 2.05) is 17.7 Å². The number of anilines is 2. The molecule has 1 N–H and O–H groups in total. The highest BCUT2D eigenvalue weighted by Crippen LogP contribution is 2.19. The van der Waals surface area contributed by atoms with Gasteiger partial charge in [-0.3, -0.25) is 0 Å². The van der Waals surface area contributed by atoms with Gasteiger partial charge in [-0.15, -0.1) is 0 Å². The van der Waals surface area contributed by atoms with Gasteiger partial charge in [-0.25, -0.2) is 13.8 Å². The highest BCUT2D eigenvalue weighted by molar-refractivity contribution is 5.53. The molecule has 0 atom stereocenters. The van der Waals surface area contributed by atoms with Crippen LogP contribution in [0, 0.1) is 18.6 Å². The number of rotatable bonds is 4. The van der Waals surface area contributed by atoms with Gasteiger partial charge in [-0.2, -0.15) is 0 Å². The van der Waals surface area contributed by atoms with Crippen molar-refractivity contribution in [3.05, 3.63) is 41.7 Å². The second kappa shape index (κ2) is 5.16. The number of hydrogen-bond acceptors (Lipinski definition) is 2. The number of benzene rings is 1. The van der Waals surface area contributed by atoms with Crippen LogP contribution in [0.4, 0.5) is 20.4 Å². The van der Waals surface area contributed by atoms with E-state index in [0.29, 0.717) is 11.6 Å². The summed E-state index contributed by atoms with van der Waals surface area (Å²) in [5, 5.41) is 2.99. The summed E-state index contributed by atoms with van der Waals surface area (Å²) in [6.45, 7) is 4.78. The number of aromatic nitrogens is 2. The van der Waals surface area contributed by atoms with E-state index >= 15 is 0 Å². The Morgan fingerprint density at radius 2 is 2.06 bits per heavy atom. The molecule has 0 fully saturated rings. The molecule has 0 aliphatic rings. The van der Waals surface area contributed by atoms with Gasteiger partial charge >= 0.3 is 0 Å². The smallest absolute Gasteiger partial charge is 0.207 e. The molecule has 5 heteroatoms. The highest BCUT2D eigenvalue weighted by atomic mass is 19.2. The normalized spacial score (nSPS) is 10.7. The fourth-order valence-electron chi connectivity index (χ4n) is 1.76. The van der Waals surface area contributed by atoms with Crippen molar-refractivity contribution in [2.45, 2.75) is 26.8 Å². The monoisotopic (exact) mass is 251 g/mol. The van der Waals surface area contributed by atoms with Gasteiger partial charge in [0.05, 0.1) is 5.69 Å². The molecule has 0 amide bonds. The minimum atomic E-state index is -0.870. The molecule has 0 aliphatic carbocycles. The van der Waals surface area contributed by atoms with Crippen molar-refractivity contribution < 1.29 is 8.78 Å². The van der Waals surface area contributed by atoms with Crippen LogP contribution in [-0.2, 0) is 6.54 Å². The SMILES string of the molecule is CCCn1cc(C)nc1Nc1ccc(F)c(F)c1. The molecule has 0 saturated heterocycles. The topological polar surface area (TPSA) is 29.9 Å². The summed E-state index contributed by atoms with van der Waals surface area (Å²) in [5.74, 6) is -1.08. The maximum Gasteiger partial charge on any atom is 0.207 e. The third-order valence-electron chi connectivity index (χ3n) is 2.54. The van der Waals surface area contributed by atoms with Crippen molar-refractivity contribution in [3.8, 4) is 0 Å². The van der Waals surface area contributed by atoms with E-state index in [-0.39, 0.29) is 0 Å². The Bertz CT molecular complexity index is 549. The van der Waals surface area contributed by atoms with Gasteiger partial charge in [0.15, 0.2) is 11.6 Å². The Morgan fingerprint density at radius 3 is 2.72 bits per heavy atom. The number of nitrogens with zero attached hydrogens (tertiary/aromatic N) is 2. The van der Waals surface area contributed by atoms with Crippen LogP contribution in [0.5, 0.6) is 0 Å². The lowest BCUT2D eigenvalue weighted by molar-refractivity contribution is 0.509. The van der Waals surface area contributed by atoms with E-state index in [9.17, 15) is 8.78 Å². The number of halogens is 2. The van der Waals surface area contributed by atoms with Crippen molar-refractivity contribution in [1.82, 2.24) is 9.55 Å². The van der Waals surface area contributed by atoms with Gasteiger partial charge < -0.3 is 9.88 Å². The lowest BCUT2D eigenvalue weighted by atomic mass is 10.3. The van der Waals surface area contributed by atoms with E-state index in [2.05, 4.69) is 17.2 Å². The summed E-state index contributed by atoms with van der Waals surface area (Å²) in [6.07, 6.45) is 2.90. The van der Waals surface area contributed by atoms with E-state index in [1.54, 1.807) is 0 Å². The first-order valence-electron chi connectivity index (χ1n) is 5.86. The molecule has 0 radical (unpaired) electrons. The first kappa shape index (κ1) is 12.5. The molecular weight excluding hydrogens is 236 g/mol. The summed E-state index contributed by atoms with van der Waals surface area (Å²) in [4.78, 5) is 4.31. The van der Waals surface area contributed by atoms with Crippen molar-refractivity contribution in [1.29, 1.82) is 0 Å². The summed E-state index contributed by atoms with van der Waals surface area (Å²) < 4.78 is 27.9. The molecule has 18 heavy (non-hydrogen) atoms. The third-order valence-corrected chi connectivity index (χ3v) is 2.54. The Kier molecular flexibility index (Phi) is 3.60. The van der Waals surface area contributed by atoms with Crippen LogP contribution < -0.4 is 5.32 Å². The zero-order chi connectivity index (χ0) is 13.1. The van der Waals surface area contributed by atoms with E-state index in [1.165, 1.54) is 6.07 Å². The van der Waals surface area contributed by atoms with Gasteiger partial charge in [0, 0.05) is 24.5 Å². The van der Waals surface area contributed by atoms with Crippen LogP contribution in [0.25, 0.3) is 0 Å². The van der Waals surface area contributed by atoms with E-state index in [4.69, 9.17) is 0 Å². The predicted molar refractivity (Wildman–Crippen MR) is 66.9 cm³/mol. The predicted octanol–water partition coefficient (Wildman–Crippen LogP) is 3.62. The van der Waals surface area contributed by atoms with Crippen LogP contribution in [-0.4, -0.2) is 9.55 Å². The van der Waals surface area contributed by atoms with Crippen molar-refractivity contribution >= 4 is 11.6 Å². The fraction of sp³-hybridized carbons (Fsp3) is 0.308. The minimum absolute atomic E-state index is 0.483. The molecule has 0 saturated carbocycles. The van der Waals surface area contributed by atoms with Gasteiger partial charge in [0.2, 0.25) is 5.95 Å². The Hall–Kier alpha value is -1.91. The molecule has 3 nitrogen and oxygen atoms in total. The molecule has 2 aromatic rings. The summed E-state index contributed by atoms with van der Waals surface area (Å²) in [7, 11) is 0. The molecule has 0 unspecified atom stereocenters. The lowest BCUT2D eigenvalue weighted by Crippen LogP contribution is -2.03. The third kappa shape index (κ3) is 2.67. The molecule has 0 aliphatic heterocycles. The Labute approximate surface area is 104 Å². The molecule has 0 bridgehead atoms. The van der Waals surface area contributed by atoms with Crippen LogP contribution in [0.1, 0.15) is 19.0 Å². The molecule has 1 aromatic carbocycles. The van der Waals surface area contributed by atoms with Crippen LogP contribution in [0.2, 0.25) is 0 Å². The quantitative estimate of drug-likeness (QED) is 0.899. The average molecular weight is 251 g/mol. The van der Waals surface area contributed by atoms with Crippen LogP contribution in [0.3, 0.4) is 0 Å². The van der Waals surface area contributed by atoms with Gasteiger partial charge in [-0.05, 0) is 25.5 Å². The fourth-order valence-corrected chi connectivity index (χ4v) is 1.76. The second-order valence-electron chi connectivity index (χ2n) is 4.15. The zero-order valence-corrected chi connectivity index (χ0v) is 10.4. The number of aryl methyl sites for hydroxylation is 2. The Morgan fingerprint density at radius 1 is 1.28 bits per heavy atom. The molecule has 96 valence electrons. The maximum absolute atomic E-state index is 13.1. The first-order valence-corrected chi connectivity index (χ1v) is 5.86. The second-order valence-corrected chi connectivity index (χ2v) is 4.15. The van der Waals surface area contributed by atoms with Gasteiger partial charge in [0.25, 0.3) is 0 Å². The number of nitrogens with one attached hydrogen (secondary N) is 1. The van der Waals surface area contributed by atoms with E-state index < -0.39 is 11.6 Å². The minimum Gasteiger partial charge on any atom is -0.326 e. The maximum atomic E-state index is 13.1. The summed E-state index contributed by atoms with van der Waals surface area (Å²) >= 11 is 0. The van der Waals surface area contributed by atoms with Crippen LogP contribution in [0.15, 0.2) is 24.4 Å².